The molecule has 1 aromatic heterocycles. The Morgan fingerprint density at radius 1 is 1.23 bits per heavy atom. The largest absolute Gasteiger partial charge is 0.338 e. The van der Waals surface area contributed by atoms with Crippen LogP contribution in [0.5, 0.6) is 0 Å². The molecule has 26 heavy (non-hydrogen) atoms. The number of non-ortho nitro benzene ring substituents is 1. The number of aromatic nitrogens is 1. The summed E-state index contributed by atoms with van der Waals surface area (Å²) >= 11 is 5.95. The van der Waals surface area contributed by atoms with Crippen molar-refractivity contribution in [1.29, 1.82) is 0 Å². The van der Waals surface area contributed by atoms with E-state index in [1.807, 2.05) is 24.3 Å². The van der Waals surface area contributed by atoms with Gasteiger partial charge in [0.15, 0.2) is 0 Å². The zero-order valence-electron chi connectivity index (χ0n) is 13.7. The van der Waals surface area contributed by atoms with Gasteiger partial charge in [-0.3, -0.25) is 20.2 Å². The number of aryl methyl sites for hydroxylation is 1. The van der Waals surface area contributed by atoms with E-state index in [2.05, 4.69) is 17.4 Å². The molecule has 3 rings (SSSR count). The predicted octanol–water partition coefficient (Wildman–Crippen LogP) is 4.72. The van der Waals surface area contributed by atoms with Gasteiger partial charge in [-0.1, -0.05) is 47.9 Å². The summed E-state index contributed by atoms with van der Waals surface area (Å²) in [6.07, 6.45) is 0.941. The van der Waals surface area contributed by atoms with Crippen molar-refractivity contribution in [1.82, 2.24) is 5.16 Å². The van der Waals surface area contributed by atoms with Crippen molar-refractivity contribution in [3.63, 3.8) is 0 Å². The van der Waals surface area contributed by atoms with Crippen LogP contribution in [-0.2, 0) is 6.42 Å². The van der Waals surface area contributed by atoms with Crippen LogP contribution in [0.2, 0.25) is 5.02 Å². The van der Waals surface area contributed by atoms with Crippen LogP contribution in [0, 0.1) is 10.1 Å². The van der Waals surface area contributed by atoms with Crippen LogP contribution < -0.4 is 5.32 Å². The Balaban J connectivity index is 1.76. The van der Waals surface area contributed by atoms with Gasteiger partial charge in [0.2, 0.25) is 5.88 Å². The van der Waals surface area contributed by atoms with Crippen LogP contribution in [0.4, 0.5) is 11.6 Å². The van der Waals surface area contributed by atoms with Gasteiger partial charge < -0.3 is 4.52 Å². The highest BCUT2D eigenvalue weighted by Gasteiger charge is 2.17. The van der Waals surface area contributed by atoms with Gasteiger partial charge in [0.1, 0.15) is 5.69 Å². The summed E-state index contributed by atoms with van der Waals surface area (Å²) in [6, 6.07) is 13.1. The van der Waals surface area contributed by atoms with Crippen LogP contribution in [0.25, 0.3) is 11.3 Å². The molecule has 3 aromatic rings. The summed E-state index contributed by atoms with van der Waals surface area (Å²) in [5.74, 6) is -0.395. The lowest BCUT2D eigenvalue weighted by Gasteiger charge is -2.03. The lowest BCUT2D eigenvalue weighted by molar-refractivity contribution is -0.384. The fourth-order valence-corrected chi connectivity index (χ4v) is 2.62. The topological polar surface area (TPSA) is 98.3 Å². The second kappa shape index (κ2) is 7.37. The molecule has 1 heterocycles. The van der Waals surface area contributed by atoms with Crippen molar-refractivity contribution in [2.75, 3.05) is 5.32 Å². The molecular weight excluding hydrogens is 358 g/mol. The van der Waals surface area contributed by atoms with Crippen LogP contribution in [0.1, 0.15) is 22.8 Å². The van der Waals surface area contributed by atoms with E-state index in [1.165, 1.54) is 17.7 Å². The summed E-state index contributed by atoms with van der Waals surface area (Å²) in [6.45, 7) is 2.07. The molecule has 0 bridgehead atoms. The second-order valence-electron chi connectivity index (χ2n) is 5.50. The Morgan fingerprint density at radius 3 is 2.58 bits per heavy atom. The number of nitro benzene ring substituents is 1. The number of carbonyl (C=O) groups is 1. The number of anilines is 1. The van der Waals surface area contributed by atoms with E-state index in [4.69, 9.17) is 16.1 Å². The lowest BCUT2D eigenvalue weighted by Crippen LogP contribution is -2.12. The van der Waals surface area contributed by atoms with Gasteiger partial charge in [-0.15, -0.1) is 0 Å². The minimum atomic E-state index is -0.583. The third-order valence-corrected chi connectivity index (χ3v) is 4.13. The Morgan fingerprint density at radius 2 is 1.96 bits per heavy atom. The maximum Gasteiger partial charge on any atom is 0.270 e. The molecule has 0 aliphatic carbocycles. The van der Waals surface area contributed by atoms with Crippen LogP contribution in [-0.4, -0.2) is 16.0 Å². The van der Waals surface area contributed by atoms with Crippen LogP contribution in [0.15, 0.2) is 53.1 Å². The molecule has 0 aliphatic rings. The number of benzene rings is 2. The monoisotopic (exact) mass is 371 g/mol. The predicted molar refractivity (Wildman–Crippen MR) is 97.4 cm³/mol. The summed E-state index contributed by atoms with van der Waals surface area (Å²) in [5, 5.41) is 17.2. The number of rotatable bonds is 5. The molecule has 1 N–H and O–H groups in total. The average Bonchev–Trinajstić information content (AvgIpc) is 3.10. The second-order valence-corrected chi connectivity index (χ2v) is 5.91. The van der Waals surface area contributed by atoms with E-state index < -0.39 is 10.8 Å². The van der Waals surface area contributed by atoms with Gasteiger partial charge in [-0.2, -0.15) is 0 Å². The van der Waals surface area contributed by atoms with Crippen molar-refractivity contribution >= 4 is 29.1 Å². The highest BCUT2D eigenvalue weighted by Crippen LogP contribution is 2.25. The molecule has 0 saturated heterocycles. The maximum atomic E-state index is 12.3. The van der Waals surface area contributed by atoms with E-state index in [0.29, 0.717) is 5.69 Å². The van der Waals surface area contributed by atoms with E-state index in [0.717, 1.165) is 18.1 Å². The summed E-state index contributed by atoms with van der Waals surface area (Å²) in [5.41, 5.74) is 2.56. The Labute approximate surface area is 153 Å². The van der Waals surface area contributed by atoms with Gasteiger partial charge >= 0.3 is 0 Å². The number of amides is 1. The Bertz CT molecular complexity index is 967. The smallest absolute Gasteiger partial charge is 0.270 e. The molecule has 2 aromatic carbocycles. The molecule has 0 atom stereocenters. The highest BCUT2D eigenvalue weighted by molar-refractivity contribution is 6.34. The van der Waals surface area contributed by atoms with Gasteiger partial charge in [-0.25, -0.2) is 0 Å². The summed E-state index contributed by atoms with van der Waals surface area (Å²) in [4.78, 5) is 22.4. The van der Waals surface area contributed by atoms with Crippen LogP contribution in [0.3, 0.4) is 0 Å². The zero-order valence-corrected chi connectivity index (χ0v) is 14.5. The number of halogens is 1. The van der Waals surface area contributed by atoms with E-state index in [1.54, 1.807) is 6.07 Å². The SMILES string of the molecule is CCc1ccc(-c2cc(NC(=O)c3ccc([N+](=O)[O-])cc3Cl)on2)cc1. The number of nitrogens with one attached hydrogen (secondary N) is 1. The highest BCUT2D eigenvalue weighted by atomic mass is 35.5. The number of hydrogen-bond donors (Lipinski definition) is 1. The molecule has 0 saturated carbocycles. The normalized spacial score (nSPS) is 10.5. The summed E-state index contributed by atoms with van der Waals surface area (Å²) < 4.78 is 5.14. The number of nitrogens with zero attached hydrogens (tertiary/aromatic N) is 2. The Hall–Kier alpha value is -3.19. The van der Waals surface area contributed by atoms with Gasteiger partial charge in [-0.05, 0) is 18.1 Å². The molecule has 0 radical (unpaired) electrons. The molecule has 0 unspecified atom stereocenters. The van der Waals surface area contributed by atoms with Crippen LogP contribution >= 0.6 is 11.6 Å². The minimum Gasteiger partial charge on any atom is -0.338 e. The number of nitro groups is 1. The molecule has 0 aliphatic heterocycles. The van der Waals surface area contributed by atoms with E-state index in [-0.39, 0.29) is 22.2 Å². The van der Waals surface area contributed by atoms with Crippen molar-refractivity contribution < 1.29 is 14.2 Å². The van der Waals surface area contributed by atoms with Gasteiger partial charge in [0.05, 0.1) is 15.5 Å². The van der Waals surface area contributed by atoms with Crippen molar-refractivity contribution in [3.05, 3.63) is 74.8 Å². The van der Waals surface area contributed by atoms with Crippen molar-refractivity contribution in [2.45, 2.75) is 13.3 Å². The summed E-state index contributed by atoms with van der Waals surface area (Å²) in [7, 11) is 0. The molecule has 7 nitrogen and oxygen atoms in total. The molecule has 8 heteroatoms. The number of hydrogen-bond acceptors (Lipinski definition) is 5. The fraction of sp³-hybridized carbons (Fsp3) is 0.111. The first-order chi connectivity index (χ1) is 12.5. The fourth-order valence-electron chi connectivity index (χ4n) is 2.36. The third kappa shape index (κ3) is 3.73. The first kappa shape index (κ1) is 17.6. The average molecular weight is 372 g/mol. The minimum absolute atomic E-state index is 0.0217. The molecule has 132 valence electrons. The first-order valence-corrected chi connectivity index (χ1v) is 8.17. The van der Waals surface area contributed by atoms with Crippen molar-refractivity contribution in [3.8, 4) is 11.3 Å². The first-order valence-electron chi connectivity index (χ1n) is 7.79. The lowest BCUT2D eigenvalue weighted by atomic mass is 10.1. The molecular formula is C18H14ClN3O4. The number of carbonyl (C=O) groups excluding carboxylic acids is 1. The molecule has 1 amide bonds. The van der Waals surface area contributed by atoms with Crippen molar-refractivity contribution in [2.24, 2.45) is 0 Å². The third-order valence-electron chi connectivity index (χ3n) is 3.81. The zero-order chi connectivity index (χ0) is 18.7. The Kier molecular flexibility index (Phi) is 4.99. The van der Waals surface area contributed by atoms with E-state index >= 15 is 0 Å². The maximum absolute atomic E-state index is 12.3. The molecule has 0 spiro atoms. The van der Waals surface area contributed by atoms with E-state index in [9.17, 15) is 14.9 Å². The van der Waals surface area contributed by atoms with Gasteiger partial charge in [0.25, 0.3) is 11.6 Å². The quantitative estimate of drug-likeness (QED) is 0.517. The molecule has 0 fully saturated rings. The standard InChI is InChI=1S/C18H14ClN3O4/c1-2-11-3-5-12(6-4-11)16-10-17(26-21-16)20-18(23)14-8-7-13(22(24)25)9-15(14)19/h3-10H,2H2,1H3,(H,20,23). The van der Waals surface area contributed by atoms with Gasteiger partial charge in [0, 0.05) is 23.8 Å².